The molecule has 0 bridgehead atoms. The topological polar surface area (TPSA) is 62.2 Å². The average molecular weight is 452 g/mol. The van der Waals surface area contributed by atoms with Gasteiger partial charge in [-0.1, -0.05) is 31.4 Å². The Bertz CT molecular complexity index is 931. The lowest BCUT2D eigenvalue weighted by molar-refractivity contribution is -0.140. The quantitative estimate of drug-likeness (QED) is 0.326. The minimum Gasteiger partial charge on any atom is -0.481 e. The van der Waals surface area contributed by atoms with Gasteiger partial charge >= 0.3 is 12.1 Å². The predicted octanol–water partition coefficient (Wildman–Crippen LogP) is 6.35. The number of carboxylic acids is 1. The minimum absolute atomic E-state index is 0.215. The van der Waals surface area contributed by atoms with E-state index in [9.17, 15) is 27.5 Å². The molecule has 2 heterocycles. The molecule has 174 valence electrons. The predicted molar refractivity (Wildman–Crippen MR) is 114 cm³/mol. The third-order valence-electron chi connectivity index (χ3n) is 5.88. The Morgan fingerprint density at radius 3 is 2.66 bits per heavy atom. The van der Waals surface area contributed by atoms with Gasteiger partial charge in [0.15, 0.2) is 0 Å². The molecule has 0 fully saturated rings. The molecule has 0 spiro atoms. The Morgan fingerprint density at radius 2 is 1.91 bits per heavy atom. The summed E-state index contributed by atoms with van der Waals surface area (Å²) in [7, 11) is 0. The number of rotatable bonds is 10. The standard InChI is InChI=1S/C24H28F4N2O2/c25-21-12-10-18(14-20(21)24(26,27)28)17(15-22(31)32)6-3-1-2-4-8-19-11-9-16-7-5-13-29-23(16)30-19/h9-12,14,17H,1-8,13,15H2,(H,29,30)(H,31,32)/t17-/m0/s1. The molecule has 1 aliphatic heterocycles. The Labute approximate surface area is 185 Å². The van der Waals surface area contributed by atoms with Crippen LogP contribution in [0.25, 0.3) is 0 Å². The molecule has 1 aliphatic rings. The number of carbonyl (C=O) groups is 1. The molecule has 32 heavy (non-hydrogen) atoms. The number of hydrogen-bond acceptors (Lipinski definition) is 3. The van der Waals surface area contributed by atoms with E-state index >= 15 is 0 Å². The summed E-state index contributed by atoms with van der Waals surface area (Å²) >= 11 is 0. The van der Waals surface area contributed by atoms with Gasteiger partial charge in [0.2, 0.25) is 0 Å². The number of unbranched alkanes of at least 4 members (excludes halogenated alkanes) is 3. The lowest BCUT2D eigenvalue weighted by atomic mass is 9.89. The van der Waals surface area contributed by atoms with Crippen LogP contribution >= 0.6 is 0 Å². The first-order valence-corrected chi connectivity index (χ1v) is 11.0. The van der Waals surface area contributed by atoms with Crippen molar-refractivity contribution >= 4 is 11.8 Å². The molecule has 0 radical (unpaired) electrons. The van der Waals surface area contributed by atoms with Gasteiger partial charge in [0.25, 0.3) is 0 Å². The largest absolute Gasteiger partial charge is 0.481 e. The summed E-state index contributed by atoms with van der Waals surface area (Å²) in [5, 5.41) is 12.5. The fourth-order valence-electron chi connectivity index (χ4n) is 4.17. The maximum absolute atomic E-state index is 13.6. The molecule has 0 aliphatic carbocycles. The van der Waals surface area contributed by atoms with Gasteiger partial charge in [-0.05, 0) is 67.3 Å². The third kappa shape index (κ3) is 6.68. The van der Waals surface area contributed by atoms with E-state index in [1.165, 1.54) is 11.6 Å². The van der Waals surface area contributed by atoms with Crippen LogP contribution in [0.4, 0.5) is 23.4 Å². The minimum atomic E-state index is -4.81. The smallest absolute Gasteiger partial charge is 0.419 e. The van der Waals surface area contributed by atoms with Gasteiger partial charge in [-0.25, -0.2) is 9.37 Å². The van der Waals surface area contributed by atoms with Gasteiger partial charge in [0, 0.05) is 12.2 Å². The zero-order chi connectivity index (χ0) is 23.1. The summed E-state index contributed by atoms with van der Waals surface area (Å²) in [6.45, 7) is 0.944. The summed E-state index contributed by atoms with van der Waals surface area (Å²) in [5.74, 6) is -2.04. The molecule has 4 nitrogen and oxygen atoms in total. The number of pyridine rings is 1. The number of carboxylic acid groups (broad SMARTS) is 1. The van der Waals surface area contributed by atoms with Gasteiger partial charge < -0.3 is 10.4 Å². The number of nitrogens with zero attached hydrogens (tertiary/aromatic N) is 1. The van der Waals surface area contributed by atoms with Crippen LogP contribution in [0.2, 0.25) is 0 Å². The number of aliphatic carboxylic acids is 1. The van der Waals surface area contributed by atoms with Crippen molar-refractivity contribution in [3.05, 3.63) is 58.5 Å². The summed E-state index contributed by atoms with van der Waals surface area (Å²) < 4.78 is 52.6. The molecule has 3 rings (SSSR count). The molecular weight excluding hydrogens is 424 g/mol. The van der Waals surface area contributed by atoms with Crippen LogP contribution in [0.1, 0.15) is 73.2 Å². The van der Waals surface area contributed by atoms with Crippen molar-refractivity contribution in [2.24, 2.45) is 0 Å². The highest BCUT2D eigenvalue weighted by molar-refractivity contribution is 5.68. The first-order valence-electron chi connectivity index (χ1n) is 11.0. The van der Waals surface area contributed by atoms with Crippen LogP contribution in [0.3, 0.4) is 0 Å². The highest BCUT2D eigenvalue weighted by Gasteiger charge is 2.34. The number of aryl methyl sites for hydroxylation is 2. The molecule has 2 N–H and O–H groups in total. The number of fused-ring (bicyclic) bond motifs is 1. The van der Waals surface area contributed by atoms with Crippen molar-refractivity contribution in [2.75, 3.05) is 11.9 Å². The van der Waals surface area contributed by atoms with Crippen LogP contribution in [0, 0.1) is 5.82 Å². The number of alkyl halides is 3. The van der Waals surface area contributed by atoms with Crippen LogP contribution in [-0.4, -0.2) is 22.6 Å². The molecule has 2 aromatic rings. The molecular formula is C24H28F4N2O2. The summed E-state index contributed by atoms with van der Waals surface area (Å²) in [5.41, 5.74) is 1.15. The van der Waals surface area contributed by atoms with Crippen molar-refractivity contribution in [2.45, 2.75) is 69.9 Å². The van der Waals surface area contributed by atoms with Gasteiger partial charge in [0.1, 0.15) is 11.6 Å². The molecule has 0 saturated heterocycles. The van der Waals surface area contributed by atoms with E-state index in [2.05, 4.69) is 22.4 Å². The van der Waals surface area contributed by atoms with Gasteiger partial charge in [0.05, 0.1) is 12.0 Å². The molecule has 0 saturated carbocycles. The van der Waals surface area contributed by atoms with Crippen molar-refractivity contribution in [1.82, 2.24) is 4.98 Å². The van der Waals surface area contributed by atoms with E-state index in [0.717, 1.165) is 68.7 Å². The lowest BCUT2D eigenvalue weighted by Gasteiger charge is -2.18. The van der Waals surface area contributed by atoms with Crippen molar-refractivity contribution in [3.63, 3.8) is 0 Å². The first kappa shape index (κ1) is 24.0. The molecule has 0 amide bonds. The van der Waals surface area contributed by atoms with E-state index in [1.807, 2.05) is 0 Å². The number of anilines is 1. The lowest BCUT2D eigenvalue weighted by Crippen LogP contribution is -2.14. The number of nitrogens with one attached hydrogen (secondary N) is 1. The summed E-state index contributed by atoms with van der Waals surface area (Å²) in [6.07, 6.45) is 1.74. The SMILES string of the molecule is O=C(O)C[C@H](CCCCCCc1ccc2c(n1)NCCC2)c1ccc(F)c(C(F)(F)F)c1. The van der Waals surface area contributed by atoms with Crippen molar-refractivity contribution in [1.29, 1.82) is 0 Å². The van der Waals surface area contributed by atoms with E-state index in [4.69, 9.17) is 0 Å². The maximum atomic E-state index is 13.6. The Morgan fingerprint density at radius 1 is 1.12 bits per heavy atom. The molecule has 8 heteroatoms. The van der Waals surface area contributed by atoms with E-state index in [-0.39, 0.29) is 12.0 Å². The van der Waals surface area contributed by atoms with Crippen molar-refractivity contribution < 1.29 is 27.5 Å². The molecule has 1 aromatic heterocycles. The van der Waals surface area contributed by atoms with Gasteiger partial charge in [-0.3, -0.25) is 4.79 Å². The number of hydrogen-bond donors (Lipinski definition) is 2. The highest BCUT2D eigenvalue weighted by Crippen LogP contribution is 2.35. The van der Waals surface area contributed by atoms with Crippen molar-refractivity contribution in [3.8, 4) is 0 Å². The Balaban J connectivity index is 1.49. The van der Waals surface area contributed by atoms with E-state index in [0.29, 0.717) is 12.8 Å². The van der Waals surface area contributed by atoms with Crippen LogP contribution in [0.5, 0.6) is 0 Å². The number of benzene rings is 1. The number of aromatic nitrogens is 1. The Hall–Kier alpha value is -2.64. The van der Waals surface area contributed by atoms with Crippen LogP contribution in [-0.2, 0) is 23.8 Å². The maximum Gasteiger partial charge on any atom is 0.419 e. The molecule has 1 aromatic carbocycles. The highest BCUT2D eigenvalue weighted by atomic mass is 19.4. The van der Waals surface area contributed by atoms with E-state index < -0.39 is 29.4 Å². The third-order valence-corrected chi connectivity index (χ3v) is 5.88. The van der Waals surface area contributed by atoms with Crippen LogP contribution < -0.4 is 5.32 Å². The average Bonchev–Trinajstić information content (AvgIpc) is 2.74. The summed E-state index contributed by atoms with van der Waals surface area (Å²) in [6, 6.07) is 6.96. The fraction of sp³-hybridized carbons (Fsp3) is 0.500. The monoisotopic (exact) mass is 452 g/mol. The summed E-state index contributed by atoms with van der Waals surface area (Å²) in [4.78, 5) is 15.9. The zero-order valence-corrected chi connectivity index (χ0v) is 17.8. The van der Waals surface area contributed by atoms with Gasteiger partial charge in [-0.2, -0.15) is 13.2 Å². The molecule has 1 atom stereocenters. The van der Waals surface area contributed by atoms with Crippen LogP contribution in [0.15, 0.2) is 30.3 Å². The Kier molecular flexibility index (Phi) is 8.10. The van der Waals surface area contributed by atoms with Gasteiger partial charge in [-0.15, -0.1) is 0 Å². The fourth-order valence-corrected chi connectivity index (χ4v) is 4.17. The normalized spacial score (nSPS) is 14.5. The second-order valence-electron chi connectivity index (χ2n) is 8.33. The van der Waals surface area contributed by atoms with E-state index in [1.54, 1.807) is 0 Å². The zero-order valence-electron chi connectivity index (χ0n) is 17.8. The second kappa shape index (κ2) is 10.8. The first-order chi connectivity index (χ1) is 15.2. The number of halogens is 4. The second-order valence-corrected chi connectivity index (χ2v) is 8.33. The molecule has 0 unspecified atom stereocenters.